The molecular weight excluding hydrogens is 530 g/mol. The standard InChI is InChI=1S/C33H35N5O4/c1-23(39)37-19-3-6-29(37)32(41)35-27-14-10-24(11-15-27)8-9-25-12-16-28(17-13-25)36-33(42)30-7-4-20-38(30)31(40)21-26-5-2-18-34-22-26/h2,5,8-18,22,29-30H,3-4,6-7,19-21H2,1H3,(H,35,41)(H,36,42)/t29-,30-/m0/s1. The van der Waals surface area contributed by atoms with Gasteiger partial charge >= 0.3 is 0 Å². The molecule has 0 aliphatic carbocycles. The number of benzene rings is 2. The van der Waals surface area contributed by atoms with Gasteiger partial charge in [-0.25, -0.2) is 0 Å². The zero-order valence-electron chi connectivity index (χ0n) is 23.7. The Morgan fingerprint density at radius 2 is 1.31 bits per heavy atom. The molecule has 1 aromatic heterocycles. The average molecular weight is 566 g/mol. The Bertz CT molecular complexity index is 1450. The number of anilines is 2. The van der Waals surface area contributed by atoms with Gasteiger partial charge in [-0.1, -0.05) is 42.5 Å². The van der Waals surface area contributed by atoms with Gasteiger partial charge in [-0.2, -0.15) is 0 Å². The second-order valence-electron chi connectivity index (χ2n) is 10.7. The first kappa shape index (κ1) is 28.7. The van der Waals surface area contributed by atoms with Crippen molar-refractivity contribution >= 4 is 47.2 Å². The molecule has 0 unspecified atom stereocenters. The highest BCUT2D eigenvalue weighted by Gasteiger charge is 2.34. The van der Waals surface area contributed by atoms with Crippen LogP contribution in [0.2, 0.25) is 0 Å². The highest BCUT2D eigenvalue weighted by Crippen LogP contribution is 2.22. The number of hydrogen-bond acceptors (Lipinski definition) is 5. The lowest BCUT2D eigenvalue weighted by molar-refractivity contribution is -0.136. The Kier molecular flexibility index (Phi) is 9.06. The lowest BCUT2D eigenvalue weighted by Crippen LogP contribution is -2.43. The van der Waals surface area contributed by atoms with Gasteiger partial charge in [0, 0.05) is 43.8 Å². The number of carbonyl (C=O) groups excluding carboxylic acids is 4. The smallest absolute Gasteiger partial charge is 0.247 e. The van der Waals surface area contributed by atoms with Crippen LogP contribution in [0.15, 0.2) is 73.1 Å². The van der Waals surface area contributed by atoms with E-state index in [1.165, 1.54) is 6.92 Å². The summed E-state index contributed by atoms with van der Waals surface area (Å²) in [6, 6.07) is 17.8. The van der Waals surface area contributed by atoms with Crippen molar-refractivity contribution in [1.29, 1.82) is 0 Å². The maximum Gasteiger partial charge on any atom is 0.247 e. The first-order valence-corrected chi connectivity index (χ1v) is 14.3. The predicted octanol–water partition coefficient (Wildman–Crippen LogP) is 4.37. The van der Waals surface area contributed by atoms with Crippen LogP contribution in [-0.4, -0.2) is 63.6 Å². The Morgan fingerprint density at radius 1 is 0.786 bits per heavy atom. The number of amides is 4. The summed E-state index contributed by atoms with van der Waals surface area (Å²) < 4.78 is 0. The lowest BCUT2D eigenvalue weighted by Gasteiger charge is -2.24. The molecule has 5 rings (SSSR count). The number of likely N-dealkylation sites (tertiary alicyclic amines) is 2. The third kappa shape index (κ3) is 7.09. The molecule has 3 aromatic rings. The van der Waals surface area contributed by atoms with E-state index in [2.05, 4.69) is 15.6 Å². The van der Waals surface area contributed by atoms with E-state index < -0.39 is 12.1 Å². The molecule has 216 valence electrons. The topological polar surface area (TPSA) is 112 Å². The van der Waals surface area contributed by atoms with Crippen molar-refractivity contribution in [2.75, 3.05) is 23.7 Å². The Balaban J connectivity index is 1.12. The van der Waals surface area contributed by atoms with E-state index in [9.17, 15) is 19.2 Å². The molecule has 42 heavy (non-hydrogen) atoms. The number of nitrogens with one attached hydrogen (secondary N) is 2. The lowest BCUT2D eigenvalue weighted by atomic mass is 10.1. The number of aromatic nitrogens is 1. The van der Waals surface area contributed by atoms with Gasteiger partial charge < -0.3 is 20.4 Å². The molecule has 2 fully saturated rings. The van der Waals surface area contributed by atoms with Crippen LogP contribution in [0.25, 0.3) is 12.2 Å². The van der Waals surface area contributed by atoms with E-state index in [1.54, 1.807) is 28.3 Å². The van der Waals surface area contributed by atoms with Gasteiger partial charge in [0.25, 0.3) is 0 Å². The highest BCUT2D eigenvalue weighted by atomic mass is 16.2. The molecule has 2 aliphatic rings. The minimum absolute atomic E-state index is 0.0648. The molecule has 4 amide bonds. The summed E-state index contributed by atoms with van der Waals surface area (Å²) in [5, 5.41) is 5.87. The Labute approximate surface area is 245 Å². The molecule has 3 heterocycles. The van der Waals surface area contributed by atoms with E-state index in [1.807, 2.05) is 66.7 Å². The van der Waals surface area contributed by atoms with Crippen LogP contribution in [0.1, 0.15) is 49.3 Å². The maximum absolute atomic E-state index is 13.0. The molecule has 0 saturated carbocycles. The van der Waals surface area contributed by atoms with E-state index in [0.29, 0.717) is 37.3 Å². The van der Waals surface area contributed by atoms with E-state index in [4.69, 9.17) is 0 Å². The van der Waals surface area contributed by atoms with Gasteiger partial charge in [0.05, 0.1) is 6.42 Å². The van der Waals surface area contributed by atoms with Crippen molar-refractivity contribution < 1.29 is 19.2 Å². The molecule has 2 atom stereocenters. The summed E-state index contributed by atoms with van der Waals surface area (Å²) in [5.74, 6) is -0.474. The molecule has 0 bridgehead atoms. The zero-order valence-corrected chi connectivity index (χ0v) is 23.7. The van der Waals surface area contributed by atoms with Gasteiger partial charge in [0.2, 0.25) is 23.6 Å². The number of pyridine rings is 1. The molecule has 2 N–H and O–H groups in total. The van der Waals surface area contributed by atoms with Crippen LogP contribution in [0.3, 0.4) is 0 Å². The van der Waals surface area contributed by atoms with Crippen LogP contribution in [-0.2, 0) is 25.6 Å². The summed E-state index contributed by atoms with van der Waals surface area (Å²) in [4.78, 5) is 57.6. The second-order valence-corrected chi connectivity index (χ2v) is 10.7. The van der Waals surface area contributed by atoms with E-state index in [0.717, 1.165) is 29.5 Å². The quantitative estimate of drug-likeness (QED) is 0.394. The number of carbonyl (C=O) groups is 4. The minimum atomic E-state index is -0.479. The fourth-order valence-corrected chi connectivity index (χ4v) is 5.53. The van der Waals surface area contributed by atoms with Gasteiger partial charge in [-0.05, 0) is 72.7 Å². The number of hydrogen-bond donors (Lipinski definition) is 2. The maximum atomic E-state index is 13.0. The Morgan fingerprint density at radius 3 is 1.81 bits per heavy atom. The van der Waals surface area contributed by atoms with Gasteiger partial charge in [-0.3, -0.25) is 24.2 Å². The fraction of sp³-hybridized carbons (Fsp3) is 0.303. The summed E-state index contributed by atoms with van der Waals surface area (Å²) in [6.45, 7) is 2.70. The number of nitrogens with zero attached hydrogens (tertiary/aromatic N) is 3. The summed E-state index contributed by atoms with van der Waals surface area (Å²) in [6.07, 6.45) is 10.5. The predicted molar refractivity (Wildman–Crippen MR) is 162 cm³/mol. The van der Waals surface area contributed by atoms with E-state index in [-0.39, 0.29) is 30.0 Å². The molecule has 2 aromatic carbocycles. The minimum Gasteiger partial charge on any atom is -0.331 e. The molecular formula is C33H35N5O4. The van der Waals surface area contributed by atoms with E-state index >= 15 is 0 Å². The zero-order chi connectivity index (χ0) is 29.5. The monoisotopic (exact) mass is 565 g/mol. The molecule has 2 aliphatic heterocycles. The summed E-state index contributed by atoms with van der Waals surface area (Å²) in [7, 11) is 0. The molecule has 9 heteroatoms. The average Bonchev–Trinajstić information content (AvgIpc) is 3.69. The van der Waals surface area contributed by atoms with Crippen molar-refractivity contribution in [2.45, 2.75) is 51.1 Å². The van der Waals surface area contributed by atoms with Crippen molar-refractivity contribution in [2.24, 2.45) is 0 Å². The van der Waals surface area contributed by atoms with Crippen LogP contribution in [0, 0.1) is 0 Å². The Hall–Kier alpha value is -4.79. The molecule has 0 radical (unpaired) electrons. The van der Waals surface area contributed by atoms with Crippen molar-refractivity contribution in [3.63, 3.8) is 0 Å². The van der Waals surface area contributed by atoms with Gasteiger partial charge in [0.15, 0.2) is 0 Å². The number of rotatable bonds is 8. The van der Waals surface area contributed by atoms with Crippen LogP contribution >= 0.6 is 0 Å². The van der Waals surface area contributed by atoms with Crippen LogP contribution < -0.4 is 10.6 Å². The molecule has 0 spiro atoms. The van der Waals surface area contributed by atoms with Crippen LogP contribution in [0.4, 0.5) is 11.4 Å². The largest absolute Gasteiger partial charge is 0.331 e. The first-order valence-electron chi connectivity index (χ1n) is 14.3. The third-order valence-corrected chi connectivity index (χ3v) is 7.74. The van der Waals surface area contributed by atoms with Gasteiger partial charge in [-0.15, -0.1) is 0 Å². The first-order chi connectivity index (χ1) is 20.4. The summed E-state index contributed by atoms with van der Waals surface area (Å²) in [5.41, 5.74) is 4.13. The molecule has 9 nitrogen and oxygen atoms in total. The SMILES string of the molecule is CC(=O)N1CCC[C@H]1C(=O)Nc1ccc(C=Cc2ccc(NC(=O)[C@@H]3CCCN3C(=O)Cc3cccnc3)cc2)cc1. The van der Waals surface area contributed by atoms with Crippen molar-refractivity contribution in [3.05, 3.63) is 89.7 Å². The fourth-order valence-electron chi connectivity index (χ4n) is 5.53. The van der Waals surface area contributed by atoms with Crippen molar-refractivity contribution in [3.8, 4) is 0 Å². The normalized spacial score (nSPS) is 18.3. The van der Waals surface area contributed by atoms with Crippen molar-refractivity contribution in [1.82, 2.24) is 14.8 Å². The van der Waals surface area contributed by atoms with Gasteiger partial charge in [0.1, 0.15) is 12.1 Å². The highest BCUT2D eigenvalue weighted by molar-refractivity contribution is 5.98. The van der Waals surface area contributed by atoms with Crippen LogP contribution in [0.5, 0.6) is 0 Å². The molecule has 2 saturated heterocycles. The third-order valence-electron chi connectivity index (χ3n) is 7.74. The second kappa shape index (κ2) is 13.2. The summed E-state index contributed by atoms with van der Waals surface area (Å²) >= 11 is 0.